The Hall–Kier alpha value is -0.120. The van der Waals surface area contributed by atoms with Gasteiger partial charge in [-0.15, -0.1) is 0 Å². The molecule has 0 bridgehead atoms. The zero-order valence-electron chi connectivity index (χ0n) is 10.00. The largest absolute Gasteiger partial charge is 0.396 e. The van der Waals surface area contributed by atoms with Gasteiger partial charge in [0.15, 0.2) is 0 Å². The van der Waals surface area contributed by atoms with E-state index < -0.39 is 0 Å². The van der Waals surface area contributed by atoms with Gasteiger partial charge < -0.3 is 14.6 Å². The van der Waals surface area contributed by atoms with Crippen LogP contribution in [-0.2, 0) is 9.47 Å². The van der Waals surface area contributed by atoms with E-state index in [4.69, 9.17) is 9.47 Å². The number of aliphatic hydroxyl groups is 1. The summed E-state index contributed by atoms with van der Waals surface area (Å²) in [6.07, 6.45) is 4.70. The van der Waals surface area contributed by atoms with Gasteiger partial charge in [0.1, 0.15) is 0 Å². The maximum atomic E-state index is 9.38. The van der Waals surface area contributed by atoms with Crippen molar-refractivity contribution in [1.29, 1.82) is 0 Å². The van der Waals surface area contributed by atoms with E-state index in [1.54, 1.807) is 7.11 Å². The van der Waals surface area contributed by atoms with Crippen LogP contribution in [0.15, 0.2) is 0 Å². The molecule has 1 atom stereocenters. The molecule has 0 saturated heterocycles. The summed E-state index contributed by atoms with van der Waals surface area (Å²) in [5.74, 6) is 0.751. The quantitative estimate of drug-likeness (QED) is 0.598. The molecule has 3 heteroatoms. The van der Waals surface area contributed by atoms with Crippen molar-refractivity contribution in [1.82, 2.24) is 0 Å². The number of aliphatic hydroxyl groups excluding tert-OH is 1. The molecule has 1 saturated carbocycles. The van der Waals surface area contributed by atoms with Gasteiger partial charge in [-0.25, -0.2) is 0 Å². The van der Waals surface area contributed by atoms with Gasteiger partial charge in [-0.2, -0.15) is 0 Å². The molecule has 15 heavy (non-hydrogen) atoms. The molecule has 1 unspecified atom stereocenters. The minimum absolute atomic E-state index is 0.143. The molecule has 0 aliphatic heterocycles. The van der Waals surface area contributed by atoms with E-state index in [0.29, 0.717) is 19.8 Å². The van der Waals surface area contributed by atoms with E-state index in [1.807, 2.05) is 0 Å². The predicted molar refractivity (Wildman–Crippen MR) is 59.8 cm³/mol. The third kappa shape index (κ3) is 4.49. The van der Waals surface area contributed by atoms with Crippen molar-refractivity contribution in [2.75, 3.05) is 33.5 Å². The Balaban J connectivity index is 2.02. The fraction of sp³-hybridized carbons (Fsp3) is 1.00. The van der Waals surface area contributed by atoms with Gasteiger partial charge in [0.2, 0.25) is 0 Å². The molecule has 0 aromatic carbocycles. The average Bonchev–Trinajstić information content (AvgIpc) is 3.07. The highest BCUT2D eigenvalue weighted by molar-refractivity contribution is 4.90. The van der Waals surface area contributed by atoms with Crippen LogP contribution in [0, 0.1) is 11.3 Å². The van der Waals surface area contributed by atoms with Crippen molar-refractivity contribution in [2.24, 2.45) is 11.3 Å². The predicted octanol–water partition coefficient (Wildman–Crippen LogP) is 1.84. The molecule has 0 radical (unpaired) electrons. The number of ether oxygens (including phenoxy) is 2. The summed E-state index contributed by atoms with van der Waals surface area (Å²) in [5.41, 5.74) is 0.143. The second-order valence-corrected chi connectivity index (χ2v) is 4.80. The molecular weight excluding hydrogens is 192 g/mol. The summed E-state index contributed by atoms with van der Waals surface area (Å²) < 4.78 is 10.3. The Labute approximate surface area is 92.8 Å². The lowest BCUT2D eigenvalue weighted by molar-refractivity contribution is 0.0537. The third-order valence-electron chi connectivity index (χ3n) is 3.39. The standard InChI is InChI=1S/C12H24O3/c1-12(10-13,11-4-5-11)6-3-7-15-9-8-14-2/h11,13H,3-10H2,1-2H3. The maximum Gasteiger partial charge on any atom is 0.0700 e. The molecule has 1 N–H and O–H groups in total. The van der Waals surface area contributed by atoms with Crippen LogP contribution < -0.4 is 0 Å². The molecule has 1 rings (SSSR count). The summed E-state index contributed by atoms with van der Waals surface area (Å²) in [4.78, 5) is 0. The van der Waals surface area contributed by atoms with Crippen LogP contribution in [0.4, 0.5) is 0 Å². The second-order valence-electron chi connectivity index (χ2n) is 4.80. The van der Waals surface area contributed by atoms with Gasteiger partial charge in [-0.1, -0.05) is 6.92 Å². The lowest BCUT2D eigenvalue weighted by Crippen LogP contribution is -2.24. The van der Waals surface area contributed by atoms with Crippen LogP contribution in [0.2, 0.25) is 0 Å². The first-order valence-electron chi connectivity index (χ1n) is 5.90. The number of hydrogen-bond donors (Lipinski definition) is 1. The first kappa shape index (κ1) is 12.9. The molecule has 3 nitrogen and oxygen atoms in total. The fourth-order valence-electron chi connectivity index (χ4n) is 2.01. The molecule has 0 spiro atoms. The summed E-state index contributed by atoms with van der Waals surface area (Å²) in [6, 6.07) is 0. The van der Waals surface area contributed by atoms with Crippen molar-refractivity contribution >= 4 is 0 Å². The third-order valence-corrected chi connectivity index (χ3v) is 3.39. The molecule has 0 amide bonds. The van der Waals surface area contributed by atoms with E-state index in [9.17, 15) is 5.11 Å². The van der Waals surface area contributed by atoms with Gasteiger partial charge >= 0.3 is 0 Å². The van der Waals surface area contributed by atoms with E-state index in [-0.39, 0.29) is 5.41 Å². The molecular formula is C12H24O3. The lowest BCUT2D eigenvalue weighted by Gasteiger charge is -2.27. The van der Waals surface area contributed by atoms with Crippen molar-refractivity contribution in [3.8, 4) is 0 Å². The Kier molecular flexibility index (Phi) is 5.58. The zero-order valence-corrected chi connectivity index (χ0v) is 10.00. The Morgan fingerprint density at radius 1 is 1.27 bits per heavy atom. The summed E-state index contributed by atoms with van der Waals surface area (Å²) in [6.45, 7) is 4.64. The number of rotatable bonds is 9. The van der Waals surface area contributed by atoms with Crippen molar-refractivity contribution in [3.63, 3.8) is 0 Å². The van der Waals surface area contributed by atoms with Gasteiger partial charge in [0.25, 0.3) is 0 Å². The molecule has 1 aliphatic rings. The molecule has 1 aliphatic carbocycles. The summed E-state index contributed by atoms with van der Waals surface area (Å²) in [7, 11) is 1.68. The molecule has 0 aromatic rings. The maximum absolute atomic E-state index is 9.38. The molecule has 90 valence electrons. The highest BCUT2D eigenvalue weighted by Crippen LogP contribution is 2.47. The summed E-state index contributed by atoms with van der Waals surface area (Å²) >= 11 is 0. The zero-order chi connectivity index (χ0) is 11.1. The van der Waals surface area contributed by atoms with E-state index in [0.717, 1.165) is 25.4 Å². The van der Waals surface area contributed by atoms with Gasteiger partial charge in [-0.3, -0.25) is 0 Å². The first-order valence-corrected chi connectivity index (χ1v) is 5.90. The van der Waals surface area contributed by atoms with Crippen molar-refractivity contribution in [2.45, 2.75) is 32.6 Å². The van der Waals surface area contributed by atoms with Crippen LogP contribution in [0.5, 0.6) is 0 Å². The van der Waals surface area contributed by atoms with E-state index >= 15 is 0 Å². The van der Waals surface area contributed by atoms with Crippen LogP contribution in [-0.4, -0.2) is 38.6 Å². The number of methoxy groups -OCH3 is 1. The Morgan fingerprint density at radius 3 is 2.53 bits per heavy atom. The van der Waals surface area contributed by atoms with Gasteiger partial charge in [0.05, 0.1) is 13.2 Å². The lowest BCUT2D eigenvalue weighted by atomic mass is 9.81. The summed E-state index contributed by atoms with van der Waals surface area (Å²) in [5, 5.41) is 9.38. The van der Waals surface area contributed by atoms with Crippen molar-refractivity contribution in [3.05, 3.63) is 0 Å². The van der Waals surface area contributed by atoms with Gasteiger partial charge in [-0.05, 0) is 37.0 Å². The molecule has 0 heterocycles. The number of hydrogen-bond acceptors (Lipinski definition) is 3. The van der Waals surface area contributed by atoms with Gasteiger partial charge in [0, 0.05) is 20.3 Å². The van der Waals surface area contributed by atoms with E-state index in [1.165, 1.54) is 12.8 Å². The topological polar surface area (TPSA) is 38.7 Å². The van der Waals surface area contributed by atoms with Crippen LogP contribution >= 0.6 is 0 Å². The van der Waals surface area contributed by atoms with Crippen molar-refractivity contribution < 1.29 is 14.6 Å². The molecule has 1 fully saturated rings. The SMILES string of the molecule is COCCOCCCC(C)(CO)C1CC1. The highest BCUT2D eigenvalue weighted by Gasteiger charge is 2.40. The Morgan fingerprint density at radius 2 is 2.00 bits per heavy atom. The van der Waals surface area contributed by atoms with Crippen LogP contribution in [0.25, 0.3) is 0 Å². The fourth-order valence-corrected chi connectivity index (χ4v) is 2.01. The van der Waals surface area contributed by atoms with Crippen LogP contribution in [0.1, 0.15) is 32.6 Å². The van der Waals surface area contributed by atoms with E-state index in [2.05, 4.69) is 6.92 Å². The Bertz CT molecular complexity index is 168. The molecule has 0 aromatic heterocycles. The minimum Gasteiger partial charge on any atom is -0.396 e. The van der Waals surface area contributed by atoms with Crippen LogP contribution in [0.3, 0.4) is 0 Å². The second kappa shape index (κ2) is 6.46. The monoisotopic (exact) mass is 216 g/mol. The smallest absolute Gasteiger partial charge is 0.0700 e. The minimum atomic E-state index is 0.143. The highest BCUT2D eigenvalue weighted by atomic mass is 16.5. The normalized spacial score (nSPS) is 20.2. The first-order chi connectivity index (χ1) is 7.23. The average molecular weight is 216 g/mol.